The highest BCUT2D eigenvalue weighted by molar-refractivity contribution is 6.03. The molecule has 0 aliphatic rings. The first-order valence-corrected chi connectivity index (χ1v) is 8.15. The largest absolute Gasteiger partial charge is 0.418 e. The minimum Gasteiger partial charge on any atom is -0.380 e. The Balaban J connectivity index is 1.66. The molecule has 3 aromatic rings. The molecule has 0 fully saturated rings. The summed E-state index contributed by atoms with van der Waals surface area (Å²) in [5, 5.41) is 5.43. The van der Waals surface area contributed by atoms with Crippen LogP contribution in [0, 0.1) is 0 Å². The number of hydrogen-bond donors (Lipinski definition) is 2. The molecule has 0 aliphatic carbocycles. The van der Waals surface area contributed by atoms with E-state index >= 15 is 0 Å². The molecule has 0 aliphatic heterocycles. The molecule has 0 saturated heterocycles. The highest BCUT2D eigenvalue weighted by atomic mass is 19.4. The molecular weight excluding hydrogens is 355 g/mol. The van der Waals surface area contributed by atoms with Gasteiger partial charge in [0.15, 0.2) is 0 Å². The lowest BCUT2D eigenvalue weighted by molar-refractivity contribution is -0.136. The van der Waals surface area contributed by atoms with Crippen molar-refractivity contribution < 1.29 is 18.0 Å². The SMILES string of the molecule is O=C(Nc1ccccc1C(F)(F)F)c1ccc(NCc2ccccc2)cn1. The fourth-order valence-electron chi connectivity index (χ4n) is 2.46. The van der Waals surface area contributed by atoms with Gasteiger partial charge in [-0.3, -0.25) is 4.79 Å². The number of anilines is 2. The van der Waals surface area contributed by atoms with Crippen molar-refractivity contribution in [2.45, 2.75) is 12.7 Å². The quantitative estimate of drug-likeness (QED) is 0.666. The van der Waals surface area contributed by atoms with Gasteiger partial charge in [-0.2, -0.15) is 13.2 Å². The second kappa shape index (κ2) is 7.90. The second-order valence-corrected chi connectivity index (χ2v) is 5.77. The molecule has 0 saturated carbocycles. The third-order valence-corrected chi connectivity index (χ3v) is 3.82. The Morgan fingerprint density at radius 3 is 2.30 bits per heavy atom. The van der Waals surface area contributed by atoms with Crippen LogP contribution in [0.15, 0.2) is 72.9 Å². The Kier molecular flexibility index (Phi) is 5.40. The predicted octanol–water partition coefficient (Wildman–Crippen LogP) is 4.96. The maximum Gasteiger partial charge on any atom is 0.418 e. The molecule has 1 heterocycles. The van der Waals surface area contributed by atoms with Crippen molar-refractivity contribution >= 4 is 17.3 Å². The number of pyridine rings is 1. The van der Waals surface area contributed by atoms with Crippen LogP contribution in [0.25, 0.3) is 0 Å². The number of nitrogens with zero attached hydrogens (tertiary/aromatic N) is 1. The molecule has 138 valence electrons. The molecule has 0 unspecified atom stereocenters. The van der Waals surface area contributed by atoms with E-state index in [-0.39, 0.29) is 11.4 Å². The van der Waals surface area contributed by atoms with Gasteiger partial charge in [0.1, 0.15) is 5.69 Å². The minimum atomic E-state index is -4.55. The molecule has 2 aromatic carbocycles. The summed E-state index contributed by atoms with van der Waals surface area (Å²) in [5.74, 6) is -0.707. The maximum absolute atomic E-state index is 13.0. The highest BCUT2D eigenvalue weighted by Crippen LogP contribution is 2.34. The monoisotopic (exact) mass is 371 g/mol. The minimum absolute atomic E-state index is 0.0252. The van der Waals surface area contributed by atoms with Crippen LogP contribution in [0.1, 0.15) is 21.6 Å². The van der Waals surface area contributed by atoms with Gasteiger partial charge in [-0.05, 0) is 29.8 Å². The van der Waals surface area contributed by atoms with Crippen molar-refractivity contribution in [3.63, 3.8) is 0 Å². The Bertz CT molecular complexity index is 910. The van der Waals surface area contributed by atoms with Crippen LogP contribution in [-0.2, 0) is 12.7 Å². The third-order valence-electron chi connectivity index (χ3n) is 3.82. The van der Waals surface area contributed by atoms with Crippen LogP contribution in [0.3, 0.4) is 0 Å². The van der Waals surface area contributed by atoms with Crippen LogP contribution in [0.5, 0.6) is 0 Å². The number of alkyl halides is 3. The summed E-state index contributed by atoms with van der Waals surface area (Å²) in [4.78, 5) is 16.2. The van der Waals surface area contributed by atoms with Crippen LogP contribution >= 0.6 is 0 Å². The highest BCUT2D eigenvalue weighted by Gasteiger charge is 2.33. The van der Waals surface area contributed by atoms with Crippen molar-refractivity contribution in [2.75, 3.05) is 10.6 Å². The average Bonchev–Trinajstić information content (AvgIpc) is 2.67. The molecule has 2 N–H and O–H groups in total. The van der Waals surface area contributed by atoms with E-state index in [0.29, 0.717) is 12.2 Å². The van der Waals surface area contributed by atoms with E-state index in [1.807, 2.05) is 30.3 Å². The summed E-state index contributed by atoms with van der Waals surface area (Å²) in [6.07, 6.45) is -3.09. The van der Waals surface area contributed by atoms with E-state index < -0.39 is 17.6 Å². The summed E-state index contributed by atoms with van der Waals surface area (Å²) >= 11 is 0. The first kappa shape index (κ1) is 18.4. The number of carbonyl (C=O) groups excluding carboxylic acids is 1. The topological polar surface area (TPSA) is 54.0 Å². The van der Waals surface area contributed by atoms with E-state index in [1.54, 1.807) is 6.07 Å². The molecule has 0 atom stereocenters. The van der Waals surface area contributed by atoms with Crippen molar-refractivity contribution in [2.24, 2.45) is 0 Å². The van der Waals surface area contributed by atoms with Gasteiger partial charge in [0.25, 0.3) is 5.91 Å². The van der Waals surface area contributed by atoms with Gasteiger partial charge in [0, 0.05) is 6.54 Å². The van der Waals surface area contributed by atoms with Crippen molar-refractivity contribution in [3.8, 4) is 0 Å². The van der Waals surface area contributed by atoms with Crippen molar-refractivity contribution in [3.05, 3.63) is 89.7 Å². The van der Waals surface area contributed by atoms with Gasteiger partial charge in [-0.1, -0.05) is 42.5 Å². The van der Waals surface area contributed by atoms with Crippen LogP contribution < -0.4 is 10.6 Å². The first-order chi connectivity index (χ1) is 12.9. The number of aromatic nitrogens is 1. The third kappa shape index (κ3) is 4.84. The number of halogens is 3. The fourth-order valence-corrected chi connectivity index (χ4v) is 2.46. The number of hydrogen-bond acceptors (Lipinski definition) is 3. The van der Waals surface area contributed by atoms with E-state index in [4.69, 9.17) is 0 Å². The maximum atomic E-state index is 13.0. The average molecular weight is 371 g/mol. The lowest BCUT2D eigenvalue weighted by Crippen LogP contribution is -2.17. The first-order valence-electron chi connectivity index (χ1n) is 8.15. The van der Waals surface area contributed by atoms with Gasteiger partial charge in [0.2, 0.25) is 0 Å². The van der Waals surface area contributed by atoms with E-state index in [2.05, 4.69) is 15.6 Å². The number of para-hydroxylation sites is 1. The number of rotatable bonds is 5. The summed E-state index contributed by atoms with van der Waals surface area (Å²) in [6, 6.07) is 17.7. The van der Waals surface area contributed by atoms with Gasteiger partial charge in [0.05, 0.1) is 23.1 Å². The van der Waals surface area contributed by atoms with Crippen LogP contribution in [0.2, 0.25) is 0 Å². The van der Waals surface area contributed by atoms with E-state index in [0.717, 1.165) is 11.6 Å². The van der Waals surface area contributed by atoms with Gasteiger partial charge >= 0.3 is 6.18 Å². The van der Waals surface area contributed by atoms with Crippen molar-refractivity contribution in [1.82, 2.24) is 4.98 Å². The molecule has 1 aromatic heterocycles. The van der Waals surface area contributed by atoms with Gasteiger partial charge in [-0.15, -0.1) is 0 Å². The van der Waals surface area contributed by atoms with Crippen molar-refractivity contribution in [1.29, 1.82) is 0 Å². The summed E-state index contributed by atoms with van der Waals surface area (Å²) in [5.41, 5.74) is 0.606. The van der Waals surface area contributed by atoms with Gasteiger partial charge in [-0.25, -0.2) is 4.98 Å². The summed E-state index contributed by atoms with van der Waals surface area (Å²) < 4.78 is 39.0. The Morgan fingerprint density at radius 2 is 1.63 bits per heavy atom. The Hall–Kier alpha value is -3.35. The van der Waals surface area contributed by atoms with Crippen LogP contribution in [-0.4, -0.2) is 10.9 Å². The predicted molar refractivity (Wildman–Crippen MR) is 97.4 cm³/mol. The second-order valence-electron chi connectivity index (χ2n) is 5.77. The van der Waals surface area contributed by atoms with E-state index in [9.17, 15) is 18.0 Å². The number of carbonyl (C=O) groups is 1. The molecule has 4 nitrogen and oxygen atoms in total. The zero-order valence-corrected chi connectivity index (χ0v) is 14.1. The lowest BCUT2D eigenvalue weighted by Gasteiger charge is -2.13. The van der Waals surface area contributed by atoms with Crippen LogP contribution in [0.4, 0.5) is 24.5 Å². The Labute approximate surface area is 154 Å². The summed E-state index contributed by atoms with van der Waals surface area (Å²) in [7, 11) is 0. The zero-order valence-electron chi connectivity index (χ0n) is 14.1. The standard InChI is InChI=1S/C20H16F3N3O/c21-20(22,23)16-8-4-5-9-17(16)26-19(27)18-11-10-15(13-25-18)24-12-14-6-2-1-3-7-14/h1-11,13,24H,12H2,(H,26,27). The smallest absolute Gasteiger partial charge is 0.380 e. The molecule has 27 heavy (non-hydrogen) atoms. The van der Waals surface area contributed by atoms with Gasteiger partial charge < -0.3 is 10.6 Å². The summed E-state index contributed by atoms with van der Waals surface area (Å²) in [6.45, 7) is 0.590. The molecule has 3 rings (SSSR count). The molecular formula is C20H16F3N3O. The molecule has 7 heteroatoms. The number of amides is 1. The fraction of sp³-hybridized carbons (Fsp3) is 0.100. The number of nitrogens with one attached hydrogen (secondary N) is 2. The molecule has 0 spiro atoms. The molecule has 0 bridgehead atoms. The normalized spacial score (nSPS) is 11.1. The zero-order chi connectivity index (χ0) is 19.3. The molecule has 0 radical (unpaired) electrons. The Morgan fingerprint density at radius 1 is 0.926 bits per heavy atom. The molecule has 1 amide bonds. The number of benzene rings is 2. The van der Waals surface area contributed by atoms with E-state index in [1.165, 1.54) is 30.5 Å². The lowest BCUT2D eigenvalue weighted by atomic mass is 10.1.